The van der Waals surface area contributed by atoms with Crippen molar-refractivity contribution in [2.45, 2.75) is 11.3 Å². The van der Waals surface area contributed by atoms with Crippen molar-refractivity contribution >= 4 is 27.5 Å². The first kappa shape index (κ1) is 21.4. The summed E-state index contributed by atoms with van der Waals surface area (Å²) in [5.41, 5.74) is 0.863. The van der Waals surface area contributed by atoms with Crippen LogP contribution < -0.4 is 15.4 Å². The Labute approximate surface area is 164 Å². The van der Waals surface area contributed by atoms with Crippen LogP contribution in [0, 0.1) is 0 Å². The van der Waals surface area contributed by atoms with Gasteiger partial charge in [-0.2, -0.15) is 0 Å². The molecule has 0 saturated carbocycles. The van der Waals surface area contributed by atoms with Gasteiger partial charge in [0.1, 0.15) is 5.75 Å². The molecule has 2 rings (SSSR count). The van der Waals surface area contributed by atoms with Crippen LogP contribution in [0.2, 0.25) is 0 Å². The first-order valence-electron chi connectivity index (χ1n) is 8.49. The number of sulfonamides is 1. The molecule has 2 aromatic rings. The molecule has 2 aromatic carbocycles. The average molecular weight is 405 g/mol. The fourth-order valence-electron chi connectivity index (χ4n) is 2.36. The lowest BCUT2D eigenvalue weighted by molar-refractivity contribution is -0.116. The Hall–Kier alpha value is -2.91. The number of nitrogens with one attached hydrogen (secondary N) is 2. The van der Waals surface area contributed by atoms with Crippen molar-refractivity contribution in [3.05, 3.63) is 54.1 Å². The second kappa shape index (κ2) is 9.34. The number of carbonyl (C=O) groups excluding carboxylic acids is 2. The third-order valence-corrected chi connectivity index (χ3v) is 5.74. The lowest BCUT2D eigenvalue weighted by Crippen LogP contribution is -2.28. The van der Waals surface area contributed by atoms with Crippen LogP contribution in [-0.4, -0.2) is 52.3 Å². The monoisotopic (exact) mass is 405 g/mol. The van der Waals surface area contributed by atoms with Gasteiger partial charge in [-0.3, -0.25) is 9.59 Å². The molecule has 9 heteroatoms. The SMILES string of the molecule is COc1ccccc1C(=O)NCCC(=O)Nc1ccc(S(=O)(=O)N(C)C)cc1. The second-order valence-electron chi connectivity index (χ2n) is 6.07. The zero-order valence-electron chi connectivity index (χ0n) is 15.9. The Bertz CT molecular complexity index is 940. The first-order valence-corrected chi connectivity index (χ1v) is 9.93. The van der Waals surface area contributed by atoms with Crippen LogP contribution in [0.5, 0.6) is 5.75 Å². The van der Waals surface area contributed by atoms with Gasteiger partial charge in [0.15, 0.2) is 0 Å². The zero-order valence-corrected chi connectivity index (χ0v) is 16.7. The first-order chi connectivity index (χ1) is 13.3. The number of amides is 2. The molecule has 8 nitrogen and oxygen atoms in total. The fraction of sp³-hybridized carbons (Fsp3) is 0.263. The maximum atomic E-state index is 12.2. The van der Waals surface area contributed by atoms with Crippen LogP contribution in [0.3, 0.4) is 0 Å². The number of methoxy groups -OCH3 is 1. The van der Waals surface area contributed by atoms with Crippen LogP contribution in [0.25, 0.3) is 0 Å². The van der Waals surface area contributed by atoms with Crippen molar-refractivity contribution in [1.29, 1.82) is 0 Å². The molecule has 0 fully saturated rings. The van der Waals surface area contributed by atoms with E-state index in [4.69, 9.17) is 4.74 Å². The largest absolute Gasteiger partial charge is 0.496 e. The van der Waals surface area contributed by atoms with E-state index >= 15 is 0 Å². The molecule has 0 atom stereocenters. The molecular formula is C19H23N3O5S. The normalized spacial score (nSPS) is 11.1. The summed E-state index contributed by atoms with van der Waals surface area (Å²) in [6.45, 7) is 0.149. The lowest BCUT2D eigenvalue weighted by Gasteiger charge is -2.12. The predicted octanol–water partition coefficient (Wildman–Crippen LogP) is 1.70. The van der Waals surface area contributed by atoms with E-state index < -0.39 is 10.0 Å². The molecule has 2 N–H and O–H groups in total. The molecule has 0 bridgehead atoms. The number of hydrogen-bond donors (Lipinski definition) is 2. The number of carbonyl (C=O) groups is 2. The minimum Gasteiger partial charge on any atom is -0.496 e. The number of hydrogen-bond acceptors (Lipinski definition) is 5. The number of benzene rings is 2. The maximum absolute atomic E-state index is 12.2. The van der Waals surface area contributed by atoms with Crippen LogP contribution in [0.4, 0.5) is 5.69 Å². The Morgan fingerprint density at radius 1 is 1.04 bits per heavy atom. The summed E-state index contributed by atoms with van der Waals surface area (Å²) in [6, 6.07) is 12.7. The number of rotatable bonds is 8. The summed E-state index contributed by atoms with van der Waals surface area (Å²) in [7, 11) is 0.863. The Kier molecular flexibility index (Phi) is 7.13. The van der Waals surface area contributed by atoms with Crippen LogP contribution in [0.15, 0.2) is 53.4 Å². The molecular weight excluding hydrogens is 382 g/mol. The molecule has 0 aliphatic rings. The van der Waals surface area contributed by atoms with E-state index in [0.717, 1.165) is 4.31 Å². The van der Waals surface area contributed by atoms with Crippen molar-refractivity contribution in [2.24, 2.45) is 0 Å². The van der Waals surface area contributed by atoms with Crippen LogP contribution >= 0.6 is 0 Å². The summed E-state index contributed by atoms with van der Waals surface area (Å²) in [6.07, 6.45) is 0.0681. The van der Waals surface area contributed by atoms with Gasteiger partial charge in [0, 0.05) is 32.7 Å². The number of nitrogens with zero attached hydrogens (tertiary/aromatic N) is 1. The average Bonchev–Trinajstić information content (AvgIpc) is 2.68. The molecule has 0 radical (unpaired) electrons. The van der Waals surface area contributed by atoms with E-state index in [9.17, 15) is 18.0 Å². The molecule has 0 aliphatic carbocycles. The Morgan fingerprint density at radius 3 is 2.29 bits per heavy atom. The van der Waals surface area contributed by atoms with Gasteiger partial charge in [-0.05, 0) is 36.4 Å². The van der Waals surface area contributed by atoms with E-state index in [2.05, 4.69) is 10.6 Å². The summed E-state index contributed by atoms with van der Waals surface area (Å²) < 4.78 is 30.3. The van der Waals surface area contributed by atoms with Crippen LogP contribution in [-0.2, 0) is 14.8 Å². The molecule has 0 unspecified atom stereocenters. The summed E-state index contributed by atoms with van der Waals surface area (Å²) >= 11 is 0. The number of ether oxygens (including phenoxy) is 1. The third kappa shape index (κ3) is 5.30. The minimum atomic E-state index is -3.52. The van der Waals surface area contributed by atoms with Gasteiger partial charge in [-0.1, -0.05) is 12.1 Å². The topological polar surface area (TPSA) is 105 Å². The van der Waals surface area contributed by atoms with E-state index in [1.807, 2.05) is 0 Å². The fourth-order valence-corrected chi connectivity index (χ4v) is 3.26. The van der Waals surface area contributed by atoms with Crippen LogP contribution in [0.1, 0.15) is 16.8 Å². The van der Waals surface area contributed by atoms with E-state index in [1.165, 1.54) is 45.5 Å². The zero-order chi connectivity index (χ0) is 20.7. The molecule has 0 spiro atoms. The molecule has 28 heavy (non-hydrogen) atoms. The van der Waals surface area contributed by atoms with Crippen molar-refractivity contribution in [1.82, 2.24) is 9.62 Å². The maximum Gasteiger partial charge on any atom is 0.255 e. The molecule has 0 aliphatic heterocycles. The highest BCUT2D eigenvalue weighted by molar-refractivity contribution is 7.89. The highest BCUT2D eigenvalue weighted by Crippen LogP contribution is 2.18. The van der Waals surface area contributed by atoms with Crippen molar-refractivity contribution in [2.75, 3.05) is 33.1 Å². The highest BCUT2D eigenvalue weighted by atomic mass is 32.2. The Balaban J connectivity index is 1.87. The quantitative estimate of drug-likeness (QED) is 0.696. The standard InChI is InChI=1S/C19H23N3O5S/c1-22(2)28(25,26)15-10-8-14(9-11-15)21-18(23)12-13-20-19(24)16-6-4-5-7-17(16)27-3/h4-11H,12-13H2,1-3H3,(H,20,24)(H,21,23). The minimum absolute atomic E-state index is 0.0681. The van der Waals surface area contributed by atoms with Gasteiger partial charge in [-0.15, -0.1) is 0 Å². The summed E-state index contributed by atoms with van der Waals surface area (Å²) in [5, 5.41) is 5.33. The van der Waals surface area contributed by atoms with Gasteiger partial charge < -0.3 is 15.4 Å². The number of anilines is 1. The van der Waals surface area contributed by atoms with Crippen molar-refractivity contribution < 1.29 is 22.7 Å². The van der Waals surface area contributed by atoms with Gasteiger partial charge in [0.05, 0.1) is 17.6 Å². The molecule has 2 amide bonds. The van der Waals surface area contributed by atoms with E-state index in [1.54, 1.807) is 24.3 Å². The smallest absolute Gasteiger partial charge is 0.255 e. The lowest BCUT2D eigenvalue weighted by atomic mass is 10.2. The summed E-state index contributed by atoms with van der Waals surface area (Å²) in [5.74, 6) is -0.177. The van der Waals surface area contributed by atoms with Crippen molar-refractivity contribution in [3.63, 3.8) is 0 Å². The summed E-state index contributed by atoms with van der Waals surface area (Å²) in [4.78, 5) is 24.3. The van der Waals surface area contributed by atoms with E-state index in [0.29, 0.717) is 17.0 Å². The van der Waals surface area contributed by atoms with E-state index in [-0.39, 0.29) is 29.7 Å². The van der Waals surface area contributed by atoms with Gasteiger partial charge >= 0.3 is 0 Å². The van der Waals surface area contributed by atoms with Gasteiger partial charge in [-0.25, -0.2) is 12.7 Å². The molecule has 0 aromatic heterocycles. The number of para-hydroxylation sites is 1. The third-order valence-electron chi connectivity index (χ3n) is 3.91. The Morgan fingerprint density at radius 2 is 1.68 bits per heavy atom. The molecule has 0 saturated heterocycles. The molecule has 150 valence electrons. The highest BCUT2D eigenvalue weighted by Gasteiger charge is 2.17. The predicted molar refractivity (Wildman–Crippen MR) is 106 cm³/mol. The van der Waals surface area contributed by atoms with Gasteiger partial charge in [0.2, 0.25) is 15.9 Å². The second-order valence-corrected chi connectivity index (χ2v) is 8.22. The van der Waals surface area contributed by atoms with Crippen molar-refractivity contribution in [3.8, 4) is 5.75 Å². The molecule has 0 heterocycles. The van der Waals surface area contributed by atoms with Gasteiger partial charge in [0.25, 0.3) is 5.91 Å².